The summed E-state index contributed by atoms with van der Waals surface area (Å²) >= 11 is 0. The van der Waals surface area contributed by atoms with Crippen molar-refractivity contribution in [2.24, 2.45) is 0 Å². The monoisotopic (exact) mass is 286 g/mol. The number of aromatic nitrogens is 5. The van der Waals surface area contributed by atoms with Gasteiger partial charge in [-0.05, 0) is 12.5 Å². The van der Waals surface area contributed by atoms with Crippen molar-refractivity contribution in [1.29, 1.82) is 0 Å². The smallest absolute Gasteiger partial charge is 0.240 e. The average molecular weight is 286 g/mol. The maximum atomic E-state index is 5.23. The molecule has 3 aromatic heterocycles. The highest BCUT2D eigenvalue weighted by molar-refractivity contribution is 5.51. The first-order chi connectivity index (χ1) is 10.4. The third-order valence-corrected chi connectivity index (χ3v) is 3.59. The highest BCUT2D eigenvalue weighted by Gasteiger charge is 2.20. The van der Waals surface area contributed by atoms with E-state index in [1.807, 2.05) is 4.68 Å². The first-order valence-corrected chi connectivity index (χ1v) is 6.84. The van der Waals surface area contributed by atoms with Gasteiger partial charge >= 0.3 is 0 Å². The minimum absolute atomic E-state index is 0.337. The Morgan fingerprint density at radius 3 is 3.33 bits per heavy atom. The van der Waals surface area contributed by atoms with E-state index in [-0.39, 0.29) is 0 Å². The zero-order chi connectivity index (χ0) is 14.1. The van der Waals surface area contributed by atoms with Crippen LogP contribution in [0.1, 0.15) is 18.1 Å². The van der Waals surface area contributed by atoms with Gasteiger partial charge in [0, 0.05) is 12.5 Å². The first-order valence-electron chi connectivity index (χ1n) is 6.84. The second-order valence-corrected chi connectivity index (χ2v) is 5.00. The Morgan fingerprint density at radius 1 is 1.43 bits per heavy atom. The van der Waals surface area contributed by atoms with E-state index in [0.29, 0.717) is 24.3 Å². The first kappa shape index (κ1) is 12.3. The van der Waals surface area contributed by atoms with Crippen LogP contribution in [0.25, 0.3) is 11.4 Å². The highest BCUT2D eigenvalue weighted by Crippen LogP contribution is 2.16. The Hall–Kier alpha value is -2.48. The Kier molecular flexibility index (Phi) is 3.00. The molecule has 4 heterocycles. The van der Waals surface area contributed by atoms with Crippen molar-refractivity contribution in [1.82, 2.24) is 30.2 Å². The number of hydrogen-bond acceptors (Lipinski definition) is 7. The van der Waals surface area contributed by atoms with E-state index in [1.54, 1.807) is 24.9 Å². The minimum Gasteiger partial charge on any atom is -0.472 e. The molecule has 21 heavy (non-hydrogen) atoms. The molecule has 4 rings (SSSR count). The summed E-state index contributed by atoms with van der Waals surface area (Å²) in [6.45, 7) is 1.36. The van der Waals surface area contributed by atoms with Gasteiger partial charge in [-0.15, -0.1) is 0 Å². The van der Waals surface area contributed by atoms with Gasteiger partial charge in [-0.3, -0.25) is 0 Å². The molecular weight excluding hydrogens is 272 g/mol. The van der Waals surface area contributed by atoms with E-state index in [9.17, 15) is 0 Å². The zero-order valence-electron chi connectivity index (χ0n) is 11.3. The fraction of sp³-hybridized carbons (Fsp3) is 0.385. The SMILES string of the molecule is c1nc2n(n1)C[C@H](NCc1nc(-c3ccoc3)no1)CC2. The average Bonchev–Trinajstić information content (AvgIpc) is 3.24. The number of nitrogens with one attached hydrogen (secondary N) is 1. The molecule has 0 amide bonds. The zero-order valence-corrected chi connectivity index (χ0v) is 11.3. The second-order valence-electron chi connectivity index (χ2n) is 5.00. The van der Waals surface area contributed by atoms with Gasteiger partial charge in [-0.1, -0.05) is 5.16 Å². The maximum Gasteiger partial charge on any atom is 0.240 e. The van der Waals surface area contributed by atoms with Crippen molar-refractivity contribution in [2.45, 2.75) is 32.0 Å². The van der Waals surface area contributed by atoms with Gasteiger partial charge in [0.2, 0.25) is 11.7 Å². The number of nitrogens with zero attached hydrogens (tertiary/aromatic N) is 5. The molecule has 3 aromatic rings. The largest absolute Gasteiger partial charge is 0.472 e. The van der Waals surface area contributed by atoms with Crippen molar-refractivity contribution < 1.29 is 8.94 Å². The molecule has 1 atom stereocenters. The van der Waals surface area contributed by atoms with Crippen molar-refractivity contribution >= 4 is 0 Å². The highest BCUT2D eigenvalue weighted by atomic mass is 16.5. The van der Waals surface area contributed by atoms with Crippen molar-refractivity contribution in [2.75, 3.05) is 0 Å². The number of fused-ring (bicyclic) bond motifs is 1. The van der Waals surface area contributed by atoms with Crippen LogP contribution in [0.4, 0.5) is 0 Å². The molecule has 1 aliphatic heterocycles. The van der Waals surface area contributed by atoms with Crippen LogP contribution in [0.15, 0.2) is 33.9 Å². The summed E-state index contributed by atoms with van der Waals surface area (Å²) in [7, 11) is 0. The van der Waals surface area contributed by atoms with E-state index in [0.717, 1.165) is 30.8 Å². The van der Waals surface area contributed by atoms with E-state index >= 15 is 0 Å². The third-order valence-electron chi connectivity index (χ3n) is 3.59. The van der Waals surface area contributed by atoms with Gasteiger partial charge in [-0.2, -0.15) is 10.1 Å². The maximum absolute atomic E-state index is 5.23. The van der Waals surface area contributed by atoms with Crippen LogP contribution in [-0.2, 0) is 19.5 Å². The van der Waals surface area contributed by atoms with E-state index < -0.39 is 0 Å². The van der Waals surface area contributed by atoms with Gasteiger partial charge in [0.1, 0.15) is 18.4 Å². The van der Waals surface area contributed by atoms with Crippen molar-refractivity contribution in [3.8, 4) is 11.4 Å². The summed E-state index contributed by atoms with van der Waals surface area (Å²) in [5.74, 6) is 2.16. The fourth-order valence-corrected chi connectivity index (χ4v) is 2.47. The Morgan fingerprint density at radius 2 is 2.43 bits per heavy atom. The molecule has 0 spiro atoms. The molecule has 0 bridgehead atoms. The van der Waals surface area contributed by atoms with Crippen LogP contribution >= 0.6 is 0 Å². The predicted molar refractivity (Wildman–Crippen MR) is 71.0 cm³/mol. The molecule has 0 saturated heterocycles. The summed E-state index contributed by atoms with van der Waals surface area (Å²) in [6.07, 6.45) is 6.74. The summed E-state index contributed by atoms with van der Waals surface area (Å²) in [5.41, 5.74) is 0.815. The van der Waals surface area contributed by atoms with Crippen LogP contribution in [0, 0.1) is 0 Å². The third kappa shape index (κ3) is 2.45. The quantitative estimate of drug-likeness (QED) is 0.765. The van der Waals surface area contributed by atoms with E-state index in [4.69, 9.17) is 8.94 Å². The number of hydrogen-bond donors (Lipinski definition) is 1. The summed E-state index contributed by atoms with van der Waals surface area (Å²) in [5, 5.41) is 11.6. The van der Waals surface area contributed by atoms with Crippen LogP contribution < -0.4 is 5.32 Å². The summed E-state index contributed by atoms with van der Waals surface area (Å²) < 4.78 is 12.2. The van der Waals surface area contributed by atoms with Gasteiger partial charge in [-0.25, -0.2) is 9.67 Å². The lowest BCUT2D eigenvalue weighted by Crippen LogP contribution is -2.37. The molecule has 0 unspecified atom stereocenters. The summed E-state index contributed by atoms with van der Waals surface area (Å²) in [4.78, 5) is 8.55. The fourth-order valence-electron chi connectivity index (χ4n) is 2.47. The molecule has 0 fully saturated rings. The van der Waals surface area contributed by atoms with Gasteiger partial charge in [0.25, 0.3) is 0 Å². The van der Waals surface area contributed by atoms with Crippen LogP contribution in [0.5, 0.6) is 0 Å². The molecular formula is C13H14N6O2. The van der Waals surface area contributed by atoms with Crippen LogP contribution in [0.2, 0.25) is 0 Å². The molecule has 8 nitrogen and oxygen atoms in total. The Balaban J connectivity index is 1.37. The topological polar surface area (TPSA) is 94.8 Å². The van der Waals surface area contributed by atoms with Crippen molar-refractivity contribution in [3.05, 3.63) is 36.6 Å². The molecule has 0 aromatic carbocycles. The molecule has 0 aliphatic carbocycles. The number of aryl methyl sites for hydroxylation is 1. The lowest BCUT2D eigenvalue weighted by Gasteiger charge is -2.22. The summed E-state index contributed by atoms with van der Waals surface area (Å²) in [6, 6.07) is 2.14. The standard InChI is InChI=1S/C13H14N6O2/c1-2-11-15-8-16-19(11)6-10(1)14-5-12-17-13(18-21-12)9-3-4-20-7-9/h3-4,7-8,10,14H,1-2,5-6H2/t10-/m1/s1. The predicted octanol–water partition coefficient (Wildman–Crippen LogP) is 1.03. The van der Waals surface area contributed by atoms with Gasteiger partial charge in [0.15, 0.2) is 0 Å². The van der Waals surface area contributed by atoms with Crippen LogP contribution in [-0.4, -0.2) is 30.9 Å². The number of rotatable bonds is 4. The number of furan rings is 1. The molecule has 1 aliphatic rings. The van der Waals surface area contributed by atoms with E-state index in [1.165, 1.54) is 0 Å². The van der Waals surface area contributed by atoms with Crippen molar-refractivity contribution in [3.63, 3.8) is 0 Å². The molecule has 8 heteroatoms. The minimum atomic E-state index is 0.337. The van der Waals surface area contributed by atoms with Gasteiger partial charge < -0.3 is 14.3 Å². The lowest BCUT2D eigenvalue weighted by atomic mass is 10.1. The van der Waals surface area contributed by atoms with Crippen LogP contribution in [0.3, 0.4) is 0 Å². The molecule has 108 valence electrons. The Bertz CT molecular complexity index is 717. The Labute approximate surface area is 120 Å². The molecule has 0 saturated carbocycles. The normalized spacial score (nSPS) is 17.8. The lowest BCUT2D eigenvalue weighted by molar-refractivity contribution is 0.320. The molecule has 1 N–H and O–H groups in total. The van der Waals surface area contributed by atoms with E-state index in [2.05, 4.69) is 25.5 Å². The van der Waals surface area contributed by atoms with Gasteiger partial charge in [0.05, 0.1) is 24.9 Å². The second kappa shape index (κ2) is 5.13. The molecule has 0 radical (unpaired) electrons.